The molecule has 0 atom stereocenters. The van der Waals surface area contributed by atoms with Gasteiger partial charge in [-0.15, -0.1) is 0 Å². The quantitative estimate of drug-likeness (QED) is 0.178. The Balaban J connectivity index is 2.37. The van der Waals surface area contributed by atoms with E-state index in [1.165, 1.54) is 18.2 Å². The van der Waals surface area contributed by atoms with Crippen LogP contribution in [0.5, 0.6) is 5.75 Å². The fraction of sp³-hybridized carbons (Fsp3) is 0.346. The van der Waals surface area contributed by atoms with Gasteiger partial charge in [-0.2, -0.15) is 0 Å². The van der Waals surface area contributed by atoms with E-state index in [-0.39, 0.29) is 4.90 Å². The SMILES string of the molecule is CCCCN(/C=C/C=C(/C(=O)Oc1ccccc1)S(=O)(=O)c1ccc(C)cc1)CCCC. The highest BCUT2D eigenvalue weighted by Crippen LogP contribution is 2.22. The maximum absolute atomic E-state index is 13.3. The second-order valence-electron chi connectivity index (χ2n) is 7.63. The summed E-state index contributed by atoms with van der Waals surface area (Å²) in [4.78, 5) is 14.7. The smallest absolute Gasteiger partial charge is 0.355 e. The lowest BCUT2D eigenvalue weighted by atomic mass is 10.2. The number of benzene rings is 2. The summed E-state index contributed by atoms with van der Waals surface area (Å²) in [5, 5.41) is 0. The summed E-state index contributed by atoms with van der Waals surface area (Å²) in [7, 11) is -4.05. The summed E-state index contributed by atoms with van der Waals surface area (Å²) in [6.07, 6.45) is 9.05. The Morgan fingerprint density at radius 3 is 2.09 bits per heavy atom. The average molecular weight is 456 g/mol. The number of para-hydroxylation sites is 1. The lowest BCUT2D eigenvalue weighted by molar-refractivity contribution is -0.129. The third-order valence-corrected chi connectivity index (χ3v) is 6.69. The van der Waals surface area contributed by atoms with Crippen LogP contribution >= 0.6 is 0 Å². The number of ether oxygens (including phenoxy) is 1. The van der Waals surface area contributed by atoms with Crippen molar-refractivity contribution in [3.63, 3.8) is 0 Å². The van der Waals surface area contributed by atoms with Crippen LogP contribution in [0.3, 0.4) is 0 Å². The number of carbonyl (C=O) groups is 1. The molecule has 0 amide bonds. The van der Waals surface area contributed by atoms with Gasteiger partial charge >= 0.3 is 5.97 Å². The first-order valence-corrected chi connectivity index (χ1v) is 12.6. The number of nitrogens with zero attached hydrogens (tertiary/aromatic N) is 1. The topological polar surface area (TPSA) is 63.7 Å². The Hall–Kier alpha value is -2.86. The first-order valence-electron chi connectivity index (χ1n) is 11.1. The van der Waals surface area contributed by atoms with Crippen molar-refractivity contribution >= 4 is 15.8 Å². The van der Waals surface area contributed by atoms with Gasteiger partial charge in [-0.25, -0.2) is 13.2 Å². The first-order chi connectivity index (χ1) is 15.4. The Morgan fingerprint density at radius 2 is 1.53 bits per heavy atom. The van der Waals surface area contributed by atoms with Gasteiger partial charge < -0.3 is 9.64 Å². The number of carbonyl (C=O) groups excluding carboxylic acids is 1. The van der Waals surface area contributed by atoms with Crippen LogP contribution in [0.2, 0.25) is 0 Å². The molecule has 172 valence electrons. The largest absolute Gasteiger partial charge is 0.422 e. The summed E-state index contributed by atoms with van der Waals surface area (Å²) in [5.74, 6) is -0.617. The van der Waals surface area contributed by atoms with Crippen molar-refractivity contribution in [1.82, 2.24) is 4.90 Å². The number of allylic oxidation sites excluding steroid dienone is 2. The number of rotatable bonds is 12. The maximum atomic E-state index is 13.3. The lowest BCUT2D eigenvalue weighted by Crippen LogP contribution is -2.20. The van der Waals surface area contributed by atoms with Gasteiger partial charge in [-0.05, 0) is 62.4 Å². The van der Waals surface area contributed by atoms with Crippen LogP contribution in [0.15, 0.2) is 82.7 Å². The van der Waals surface area contributed by atoms with E-state index in [4.69, 9.17) is 4.74 Å². The van der Waals surface area contributed by atoms with Crippen LogP contribution in [-0.4, -0.2) is 32.4 Å². The molecular weight excluding hydrogens is 422 g/mol. The van der Waals surface area contributed by atoms with Gasteiger partial charge in [0.25, 0.3) is 0 Å². The molecule has 6 heteroatoms. The predicted molar refractivity (Wildman–Crippen MR) is 129 cm³/mol. The number of hydrogen-bond acceptors (Lipinski definition) is 5. The standard InChI is InChI=1S/C26H33NO4S/c1-4-6-19-27(20-7-5-2)21-11-14-25(26(28)31-23-12-9-8-10-13-23)32(29,30)24-17-15-22(3)16-18-24/h8-18,21H,4-7,19-20H2,1-3H3/b21-11+,25-14-. The molecule has 0 aliphatic heterocycles. The molecule has 0 spiro atoms. The van der Waals surface area contributed by atoms with E-state index >= 15 is 0 Å². The Kier molecular flexibility index (Phi) is 10.2. The van der Waals surface area contributed by atoms with Crippen molar-refractivity contribution in [3.05, 3.63) is 83.4 Å². The lowest BCUT2D eigenvalue weighted by Gasteiger charge is -2.19. The highest BCUT2D eigenvalue weighted by atomic mass is 32.2. The van der Waals surface area contributed by atoms with Crippen LogP contribution in [0, 0.1) is 6.92 Å². The predicted octanol–water partition coefficient (Wildman–Crippen LogP) is 5.67. The fourth-order valence-electron chi connectivity index (χ4n) is 2.99. The second-order valence-corrected chi connectivity index (χ2v) is 9.55. The molecule has 2 aromatic rings. The number of sulfone groups is 1. The molecule has 0 unspecified atom stereocenters. The summed E-state index contributed by atoms with van der Waals surface area (Å²) >= 11 is 0. The monoisotopic (exact) mass is 455 g/mol. The number of hydrogen-bond donors (Lipinski definition) is 0. The van der Waals surface area contributed by atoms with E-state index in [1.807, 2.05) is 13.1 Å². The van der Waals surface area contributed by atoms with Crippen molar-refractivity contribution in [2.75, 3.05) is 13.1 Å². The second kappa shape index (κ2) is 12.9. The minimum absolute atomic E-state index is 0.0570. The van der Waals surface area contributed by atoms with Crippen molar-refractivity contribution in [1.29, 1.82) is 0 Å². The summed E-state index contributed by atoms with van der Waals surface area (Å²) in [6.45, 7) is 7.91. The molecule has 0 N–H and O–H groups in total. The highest BCUT2D eigenvalue weighted by molar-refractivity contribution is 7.96. The van der Waals surface area contributed by atoms with E-state index in [2.05, 4.69) is 18.7 Å². The Morgan fingerprint density at radius 1 is 0.938 bits per heavy atom. The summed E-state index contributed by atoms with van der Waals surface area (Å²) in [5.41, 5.74) is 0.934. The van der Waals surface area contributed by atoms with Gasteiger partial charge in [-0.1, -0.05) is 62.6 Å². The van der Waals surface area contributed by atoms with Crippen molar-refractivity contribution in [2.45, 2.75) is 51.3 Å². The van der Waals surface area contributed by atoms with E-state index in [0.717, 1.165) is 44.3 Å². The normalized spacial score (nSPS) is 12.2. The number of esters is 1. The number of unbranched alkanes of at least 4 members (excludes halogenated alkanes) is 2. The molecule has 0 radical (unpaired) electrons. The summed E-state index contributed by atoms with van der Waals surface area (Å²) < 4.78 is 31.9. The third kappa shape index (κ3) is 7.68. The summed E-state index contributed by atoms with van der Waals surface area (Å²) in [6, 6.07) is 14.9. The molecule has 0 bridgehead atoms. The van der Waals surface area contributed by atoms with E-state index in [0.29, 0.717) is 5.75 Å². The molecule has 32 heavy (non-hydrogen) atoms. The first kappa shape index (κ1) is 25.4. The molecule has 0 aromatic heterocycles. The Bertz CT molecular complexity index is 1000. The zero-order valence-electron chi connectivity index (χ0n) is 19.2. The zero-order valence-corrected chi connectivity index (χ0v) is 20.0. The van der Waals surface area contributed by atoms with E-state index in [1.54, 1.807) is 48.5 Å². The molecule has 0 fully saturated rings. The number of aryl methyl sites for hydroxylation is 1. The van der Waals surface area contributed by atoms with Crippen molar-refractivity contribution < 1.29 is 17.9 Å². The van der Waals surface area contributed by atoms with Crippen LogP contribution in [0.4, 0.5) is 0 Å². The Labute approximate surface area is 192 Å². The molecule has 0 saturated heterocycles. The van der Waals surface area contributed by atoms with Crippen molar-refractivity contribution in [2.24, 2.45) is 0 Å². The van der Waals surface area contributed by atoms with Gasteiger partial charge in [0.1, 0.15) is 5.75 Å². The molecule has 0 aliphatic rings. The van der Waals surface area contributed by atoms with Gasteiger partial charge in [0.2, 0.25) is 9.84 Å². The van der Waals surface area contributed by atoms with Crippen LogP contribution in [0.1, 0.15) is 45.1 Å². The van der Waals surface area contributed by atoms with Gasteiger partial charge in [0.15, 0.2) is 4.91 Å². The fourth-order valence-corrected chi connectivity index (χ4v) is 4.26. The van der Waals surface area contributed by atoms with E-state index < -0.39 is 20.7 Å². The zero-order chi connectivity index (χ0) is 23.4. The molecule has 2 aromatic carbocycles. The molecule has 2 rings (SSSR count). The minimum atomic E-state index is -4.05. The maximum Gasteiger partial charge on any atom is 0.355 e. The average Bonchev–Trinajstić information content (AvgIpc) is 2.78. The molecule has 0 saturated carbocycles. The van der Waals surface area contributed by atoms with Crippen molar-refractivity contribution in [3.8, 4) is 5.75 Å². The molecule has 5 nitrogen and oxygen atoms in total. The molecular formula is C26H33NO4S. The van der Waals surface area contributed by atoms with E-state index in [9.17, 15) is 13.2 Å². The third-order valence-electron chi connectivity index (χ3n) is 4.92. The molecule has 0 aliphatic carbocycles. The van der Waals surface area contributed by atoms with Crippen LogP contribution in [0.25, 0.3) is 0 Å². The van der Waals surface area contributed by atoms with Crippen LogP contribution < -0.4 is 4.74 Å². The van der Waals surface area contributed by atoms with Gasteiger partial charge in [0, 0.05) is 13.1 Å². The minimum Gasteiger partial charge on any atom is -0.422 e. The highest BCUT2D eigenvalue weighted by Gasteiger charge is 2.28. The van der Waals surface area contributed by atoms with Gasteiger partial charge in [-0.3, -0.25) is 0 Å². The van der Waals surface area contributed by atoms with Gasteiger partial charge in [0.05, 0.1) is 4.90 Å². The van der Waals surface area contributed by atoms with Crippen LogP contribution in [-0.2, 0) is 14.6 Å². The molecule has 0 heterocycles.